The van der Waals surface area contributed by atoms with E-state index in [-0.39, 0.29) is 27.4 Å². The first kappa shape index (κ1) is 20.6. The number of ether oxygens (including phenoxy) is 1. The lowest BCUT2D eigenvalue weighted by molar-refractivity contribution is 0.136. The fraction of sp³-hybridized carbons (Fsp3) is 0.286. The Morgan fingerprint density at radius 1 is 1.27 bits per heavy atom. The van der Waals surface area contributed by atoms with Gasteiger partial charge in [-0.1, -0.05) is 11.6 Å². The van der Waals surface area contributed by atoms with Gasteiger partial charge in [-0.15, -0.1) is 0 Å². The summed E-state index contributed by atoms with van der Waals surface area (Å²) in [5.74, 6) is -2.02. The highest BCUT2D eigenvalue weighted by atomic mass is 35.5. The molecule has 2 aromatic rings. The predicted octanol–water partition coefficient (Wildman–Crippen LogP) is 3.20. The van der Waals surface area contributed by atoms with Crippen LogP contribution in [0.4, 0.5) is 14.6 Å². The third kappa shape index (κ3) is 5.37. The molecule has 2 rings (SSSR count). The van der Waals surface area contributed by atoms with Crippen LogP contribution in [0.25, 0.3) is 0 Å². The lowest BCUT2D eigenvalue weighted by Gasteiger charge is -2.19. The van der Waals surface area contributed by atoms with Crippen LogP contribution in [0.3, 0.4) is 0 Å². The molecule has 0 aliphatic rings. The maximum Gasteiger partial charge on any atom is 0.265 e. The minimum Gasteiger partial charge on any atom is -0.485 e. The van der Waals surface area contributed by atoms with Crippen molar-refractivity contribution in [2.24, 2.45) is 0 Å². The minimum atomic E-state index is -3.96. The van der Waals surface area contributed by atoms with Crippen LogP contribution in [-0.4, -0.2) is 38.3 Å². The van der Waals surface area contributed by atoms with Gasteiger partial charge < -0.3 is 10.1 Å². The Hall–Kier alpha value is -1.75. The van der Waals surface area contributed by atoms with Crippen LogP contribution in [0.15, 0.2) is 18.3 Å². The zero-order chi connectivity index (χ0) is 19.5. The average Bonchev–Trinajstić information content (AvgIpc) is 2.54. The van der Waals surface area contributed by atoms with Gasteiger partial charge >= 0.3 is 0 Å². The van der Waals surface area contributed by atoms with Gasteiger partial charge in [-0.2, -0.15) is 13.4 Å². The van der Waals surface area contributed by atoms with Crippen molar-refractivity contribution in [2.45, 2.75) is 6.10 Å². The molecule has 142 valence electrons. The van der Waals surface area contributed by atoms with Crippen molar-refractivity contribution in [3.8, 4) is 5.75 Å². The molecule has 0 bridgehead atoms. The van der Waals surface area contributed by atoms with Crippen LogP contribution in [0, 0.1) is 11.6 Å². The summed E-state index contributed by atoms with van der Waals surface area (Å²) < 4.78 is 60.2. The van der Waals surface area contributed by atoms with E-state index < -0.39 is 34.5 Å². The van der Waals surface area contributed by atoms with E-state index >= 15 is 0 Å². The van der Waals surface area contributed by atoms with Gasteiger partial charge in [0.1, 0.15) is 12.7 Å². The van der Waals surface area contributed by atoms with Crippen molar-refractivity contribution in [1.82, 2.24) is 9.97 Å². The molecule has 1 aromatic carbocycles. The van der Waals surface area contributed by atoms with Gasteiger partial charge in [-0.25, -0.2) is 13.8 Å². The number of halogens is 4. The number of hydrogen-bond acceptors (Lipinski definition) is 7. The van der Waals surface area contributed by atoms with Crippen LogP contribution in [0.5, 0.6) is 5.75 Å². The van der Waals surface area contributed by atoms with Gasteiger partial charge in [0, 0.05) is 17.6 Å². The molecule has 0 fully saturated rings. The Labute approximate surface area is 158 Å². The van der Waals surface area contributed by atoms with Crippen molar-refractivity contribution < 1.29 is 26.1 Å². The molecule has 0 spiro atoms. The summed E-state index contributed by atoms with van der Waals surface area (Å²) in [5, 5.41) is 2.47. The molecule has 0 radical (unpaired) electrons. The normalized spacial score (nSPS) is 12.7. The first-order chi connectivity index (χ1) is 12.1. The summed E-state index contributed by atoms with van der Waals surface area (Å²) >= 11 is 11.6. The molecule has 12 heteroatoms. The number of benzene rings is 1. The number of anilines is 1. The van der Waals surface area contributed by atoms with Crippen LogP contribution in [0.2, 0.25) is 10.3 Å². The summed E-state index contributed by atoms with van der Waals surface area (Å²) in [4.78, 5) is 7.63. The first-order valence-electron chi connectivity index (χ1n) is 6.96. The molecule has 0 amide bonds. The molecule has 1 heterocycles. The Morgan fingerprint density at radius 2 is 1.92 bits per heavy atom. The van der Waals surface area contributed by atoms with Crippen molar-refractivity contribution in [2.75, 3.05) is 25.2 Å². The Morgan fingerprint density at radius 3 is 2.54 bits per heavy atom. The molecule has 0 aliphatic heterocycles. The van der Waals surface area contributed by atoms with Crippen LogP contribution < -0.4 is 10.1 Å². The van der Waals surface area contributed by atoms with Gasteiger partial charge in [0.15, 0.2) is 23.2 Å². The molecule has 1 unspecified atom stereocenters. The second kappa shape index (κ2) is 8.30. The fourth-order valence-corrected chi connectivity index (χ4v) is 2.95. The zero-order valence-electron chi connectivity index (χ0n) is 13.5. The van der Waals surface area contributed by atoms with E-state index in [1.54, 1.807) is 7.05 Å². The van der Waals surface area contributed by atoms with Gasteiger partial charge in [-0.05, 0) is 23.7 Å². The first-order valence-corrected chi connectivity index (χ1v) is 9.53. The van der Waals surface area contributed by atoms with Gasteiger partial charge in [0.05, 0.1) is 12.5 Å². The second-order valence-corrected chi connectivity index (χ2v) is 7.34. The van der Waals surface area contributed by atoms with Crippen LogP contribution in [-0.2, 0) is 14.3 Å². The molecular weight excluding hydrogens is 415 g/mol. The molecule has 26 heavy (non-hydrogen) atoms. The second-order valence-electron chi connectivity index (χ2n) is 4.99. The zero-order valence-corrected chi connectivity index (χ0v) is 15.8. The lowest BCUT2D eigenvalue weighted by Crippen LogP contribution is -2.19. The van der Waals surface area contributed by atoms with E-state index in [0.29, 0.717) is 0 Å². The van der Waals surface area contributed by atoms with Crippen LogP contribution >= 0.6 is 23.2 Å². The maximum atomic E-state index is 13.6. The summed E-state index contributed by atoms with van der Waals surface area (Å²) in [7, 11) is -2.40. The van der Waals surface area contributed by atoms with Gasteiger partial charge in [0.2, 0.25) is 5.28 Å². The minimum absolute atomic E-state index is 0.0331. The summed E-state index contributed by atoms with van der Waals surface area (Å²) in [6.07, 6.45) is 0.719. The Kier molecular flexibility index (Phi) is 6.56. The highest BCUT2D eigenvalue weighted by Crippen LogP contribution is 2.31. The van der Waals surface area contributed by atoms with Gasteiger partial charge in [0.25, 0.3) is 10.1 Å². The number of hydrogen-bond donors (Lipinski definition) is 1. The molecule has 0 aliphatic carbocycles. The van der Waals surface area contributed by atoms with E-state index in [4.69, 9.17) is 32.1 Å². The largest absolute Gasteiger partial charge is 0.485 e. The van der Waals surface area contributed by atoms with E-state index in [1.807, 2.05) is 0 Å². The topological polar surface area (TPSA) is 90.4 Å². The third-order valence-corrected chi connectivity index (χ3v) is 4.12. The number of aromatic nitrogens is 2. The molecule has 0 saturated carbocycles. The fourth-order valence-electron chi connectivity index (χ4n) is 1.96. The van der Waals surface area contributed by atoms with Crippen molar-refractivity contribution in [3.63, 3.8) is 0 Å². The third-order valence-electron chi connectivity index (χ3n) is 3.03. The Bertz CT molecular complexity index is 915. The average molecular weight is 428 g/mol. The smallest absolute Gasteiger partial charge is 0.265 e. The Balaban J connectivity index is 2.33. The van der Waals surface area contributed by atoms with Gasteiger partial charge in [-0.3, -0.25) is 4.18 Å². The molecular formula is C14H13Cl2F2N3O4S. The molecule has 1 N–H and O–H groups in total. The highest BCUT2D eigenvalue weighted by molar-refractivity contribution is 7.86. The molecule has 0 saturated heterocycles. The standard InChI is InChI=1S/C14H13Cl2F2N3O4S/c1-19-13-11(5-20-14(16)21-13)24-6-12(25-26(2,22)23)7-3-9(17)10(18)4-8(7)15/h3-5,12H,6H2,1-2H3,(H,19,20,21). The van der Waals surface area contributed by atoms with Crippen molar-refractivity contribution in [1.29, 1.82) is 0 Å². The quantitative estimate of drug-likeness (QED) is 0.412. The molecule has 1 atom stereocenters. The molecule has 1 aromatic heterocycles. The number of nitrogens with one attached hydrogen (secondary N) is 1. The summed E-state index contributed by atoms with van der Waals surface area (Å²) in [6, 6.07) is 1.46. The van der Waals surface area contributed by atoms with Crippen LogP contribution in [0.1, 0.15) is 11.7 Å². The van der Waals surface area contributed by atoms with Crippen molar-refractivity contribution >= 4 is 39.1 Å². The van der Waals surface area contributed by atoms with E-state index in [2.05, 4.69) is 15.3 Å². The highest BCUT2D eigenvalue weighted by Gasteiger charge is 2.24. The monoisotopic (exact) mass is 427 g/mol. The summed E-state index contributed by atoms with van der Waals surface area (Å²) in [6.45, 7) is -0.405. The summed E-state index contributed by atoms with van der Waals surface area (Å²) in [5.41, 5.74) is -0.100. The lowest BCUT2D eigenvalue weighted by atomic mass is 10.1. The number of rotatable bonds is 7. The maximum absolute atomic E-state index is 13.6. The SMILES string of the molecule is CNc1nc(Cl)ncc1OCC(OS(C)(=O)=O)c1cc(F)c(F)cc1Cl. The van der Waals surface area contributed by atoms with E-state index in [9.17, 15) is 17.2 Å². The molecule has 7 nitrogen and oxygen atoms in total. The number of nitrogens with zero attached hydrogens (tertiary/aromatic N) is 2. The van der Waals surface area contributed by atoms with E-state index in [1.165, 1.54) is 6.20 Å². The van der Waals surface area contributed by atoms with Crippen molar-refractivity contribution in [3.05, 3.63) is 45.8 Å². The predicted molar refractivity (Wildman–Crippen MR) is 92.1 cm³/mol. The van der Waals surface area contributed by atoms with E-state index in [0.717, 1.165) is 18.4 Å².